The normalized spacial score (nSPS) is 12.7. The summed E-state index contributed by atoms with van der Waals surface area (Å²) >= 11 is 3.33. The molecule has 0 spiro atoms. The lowest BCUT2D eigenvalue weighted by Gasteiger charge is -2.08. The van der Waals surface area contributed by atoms with E-state index in [9.17, 15) is 0 Å². The van der Waals surface area contributed by atoms with Crippen molar-refractivity contribution in [2.75, 3.05) is 5.32 Å². The highest BCUT2D eigenvalue weighted by Gasteiger charge is 2.13. The molecule has 0 fully saturated rings. The van der Waals surface area contributed by atoms with Crippen LogP contribution in [-0.4, -0.2) is 15.2 Å². The third-order valence-electron chi connectivity index (χ3n) is 2.79. The lowest BCUT2D eigenvalue weighted by molar-refractivity contribution is 0.861. The van der Waals surface area contributed by atoms with Crippen LogP contribution in [0.2, 0.25) is 0 Å². The van der Waals surface area contributed by atoms with Gasteiger partial charge >= 0.3 is 0 Å². The average molecular weight is 290 g/mol. The minimum atomic E-state index is 0.148. The van der Waals surface area contributed by atoms with Gasteiger partial charge in [-0.15, -0.1) is 21.5 Å². The van der Waals surface area contributed by atoms with Crippen LogP contribution in [0, 0.1) is 0 Å². The number of hydrogen-bond donors (Lipinski definition) is 1. The van der Waals surface area contributed by atoms with Crippen LogP contribution in [0.5, 0.6) is 0 Å². The van der Waals surface area contributed by atoms with Crippen molar-refractivity contribution < 1.29 is 0 Å². The fourth-order valence-electron chi connectivity index (χ4n) is 1.78. The van der Waals surface area contributed by atoms with Crippen molar-refractivity contribution in [3.05, 3.63) is 34.3 Å². The Bertz CT molecular complexity index is 656. The minimum Gasteiger partial charge on any atom is -0.351 e. The molecular formula is C13H14N4S2. The van der Waals surface area contributed by atoms with Gasteiger partial charge in [0.25, 0.3) is 0 Å². The molecule has 1 unspecified atom stereocenters. The maximum atomic E-state index is 4.65. The standard InChI is InChI=1S/C13H14N4S2/c1-3-11-16-17-13(19-11)14-8(2)12-15-9-6-4-5-7-10(9)18-12/h4-8H,3H2,1-2H3,(H,14,17). The van der Waals surface area contributed by atoms with E-state index in [1.807, 2.05) is 18.2 Å². The zero-order chi connectivity index (χ0) is 13.2. The average Bonchev–Trinajstić information content (AvgIpc) is 3.04. The zero-order valence-electron chi connectivity index (χ0n) is 10.8. The minimum absolute atomic E-state index is 0.148. The number of para-hydroxylation sites is 1. The van der Waals surface area contributed by atoms with E-state index in [1.54, 1.807) is 22.7 Å². The summed E-state index contributed by atoms with van der Waals surface area (Å²) in [5.74, 6) is 0. The molecule has 0 bridgehead atoms. The molecule has 0 saturated carbocycles. The summed E-state index contributed by atoms with van der Waals surface area (Å²) in [7, 11) is 0. The van der Waals surface area contributed by atoms with Crippen LogP contribution in [-0.2, 0) is 6.42 Å². The van der Waals surface area contributed by atoms with Crippen molar-refractivity contribution in [3.8, 4) is 0 Å². The number of aryl methyl sites for hydroxylation is 1. The van der Waals surface area contributed by atoms with Gasteiger partial charge < -0.3 is 5.32 Å². The SMILES string of the molecule is CCc1nnc(NC(C)c2nc3ccccc3s2)s1. The predicted molar refractivity (Wildman–Crippen MR) is 80.9 cm³/mol. The van der Waals surface area contributed by atoms with Crippen LogP contribution in [0.4, 0.5) is 5.13 Å². The second kappa shape index (κ2) is 5.22. The number of benzene rings is 1. The number of fused-ring (bicyclic) bond motifs is 1. The molecule has 6 heteroatoms. The summed E-state index contributed by atoms with van der Waals surface area (Å²) in [6.07, 6.45) is 0.925. The Labute approximate surface area is 119 Å². The molecule has 0 radical (unpaired) electrons. The Kier molecular flexibility index (Phi) is 3.44. The van der Waals surface area contributed by atoms with Gasteiger partial charge in [-0.2, -0.15) is 0 Å². The summed E-state index contributed by atoms with van der Waals surface area (Å²) in [5.41, 5.74) is 1.06. The van der Waals surface area contributed by atoms with Crippen LogP contribution in [0.25, 0.3) is 10.2 Å². The van der Waals surface area contributed by atoms with Crippen molar-refractivity contribution in [2.45, 2.75) is 26.3 Å². The Balaban J connectivity index is 1.81. The topological polar surface area (TPSA) is 50.7 Å². The van der Waals surface area contributed by atoms with E-state index in [0.717, 1.165) is 27.1 Å². The lowest BCUT2D eigenvalue weighted by atomic mass is 10.3. The number of nitrogens with one attached hydrogen (secondary N) is 1. The van der Waals surface area contributed by atoms with Crippen molar-refractivity contribution in [3.63, 3.8) is 0 Å². The predicted octanol–water partition coefficient (Wildman–Crippen LogP) is 3.88. The third kappa shape index (κ3) is 2.59. The second-order valence-corrected chi connectivity index (χ2v) is 6.36. The molecule has 0 aliphatic rings. The maximum absolute atomic E-state index is 4.65. The van der Waals surface area contributed by atoms with E-state index in [2.05, 4.69) is 40.4 Å². The van der Waals surface area contributed by atoms with Crippen molar-refractivity contribution >= 4 is 38.0 Å². The molecule has 4 nitrogen and oxygen atoms in total. The largest absolute Gasteiger partial charge is 0.351 e. The summed E-state index contributed by atoms with van der Waals surface area (Å²) in [6, 6.07) is 8.35. The van der Waals surface area contributed by atoms with E-state index in [0.29, 0.717) is 0 Å². The van der Waals surface area contributed by atoms with Crippen LogP contribution < -0.4 is 5.32 Å². The van der Waals surface area contributed by atoms with E-state index >= 15 is 0 Å². The monoisotopic (exact) mass is 290 g/mol. The zero-order valence-corrected chi connectivity index (χ0v) is 12.4. The molecule has 0 aliphatic carbocycles. The summed E-state index contributed by atoms with van der Waals surface area (Å²) in [6.45, 7) is 4.19. The highest BCUT2D eigenvalue weighted by atomic mass is 32.1. The Morgan fingerprint density at radius 2 is 2.05 bits per heavy atom. The molecule has 1 atom stereocenters. The summed E-state index contributed by atoms with van der Waals surface area (Å²) in [4.78, 5) is 4.65. The first-order valence-electron chi connectivity index (χ1n) is 6.20. The highest BCUT2D eigenvalue weighted by Crippen LogP contribution is 2.29. The van der Waals surface area contributed by atoms with Gasteiger partial charge in [0, 0.05) is 0 Å². The van der Waals surface area contributed by atoms with E-state index < -0.39 is 0 Å². The summed E-state index contributed by atoms with van der Waals surface area (Å²) in [5, 5.41) is 14.6. The number of hydrogen-bond acceptors (Lipinski definition) is 6. The first kappa shape index (κ1) is 12.5. The Morgan fingerprint density at radius 3 is 2.79 bits per heavy atom. The maximum Gasteiger partial charge on any atom is 0.206 e. The molecule has 1 aromatic carbocycles. The van der Waals surface area contributed by atoms with E-state index in [1.165, 1.54) is 4.70 Å². The van der Waals surface area contributed by atoms with Crippen LogP contribution in [0.3, 0.4) is 0 Å². The van der Waals surface area contributed by atoms with Gasteiger partial charge in [0.15, 0.2) is 0 Å². The van der Waals surface area contributed by atoms with E-state index in [4.69, 9.17) is 0 Å². The van der Waals surface area contributed by atoms with Crippen LogP contribution in [0.15, 0.2) is 24.3 Å². The van der Waals surface area contributed by atoms with Gasteiger partial charge in [0.1, 0.15) is 10.0 Å². The highest BCUT2D eigenvalue weighted by molar-refractivity contribution is 7.18. The molecule has 2 aromatic heterocycles. The number of rotatable bonds is 4. The number of nitrogens with zero attached hydrogens (tertiary/aromatic N) is 3. The first-order valence-corrected chi connectivity index (χ1v) is 7.84. The molecule has 19 heavy (non-hydrogen) atoms. The van der Waals surface area contributed by atoms with E-state index in [-0.39, 0.29) is 6.04 Å². The number of aromatic nitrogens is 3. The third-order valence-corrected chi connectivity index (χ3v) is 5.01. The summed E-state index contributed by atoms with van der Waals surface area (Å²) < 4.78 is 1.22. The van der Waals surface area contributed by atoms with Crippen LogP contribution in [0.1, 0.15) is 29.9 Å². The van der Waals surface area contributed by atoms with Gasteiger partial charge in [0.2, 0.25) is 5.13 Å². The van der Waals surface area contributed by atoms with Gasteiger partial charge in [-0.05, 0) is 25.5 Å². The molecule has 2 heterocycles. The number of anilines is 1. The molecule has 0 aliphatic heterocycles. The fraction of sp³-hybridized carbons (Fsp3) is 0.308. The van der Waals surface area contributed by atoms with Gasteiger partial charge in [-0.1, -0.05) is 30.4 Å². The van der Waals surface area contributed by atoms with Gasteiger partial charge in [-0.25, -0.2) is 4.98 Å². The second-order valence-electron chi connectivity index (χ2n) is 4.24. The molecule has 0 amide bonds. The first-order chi connectivity index (χ1) is 9.26. The Hall–Kier alpha value is -1.53. The smallest absolute Gasteiger partial charge is 0.206 e. The van der Waals surface area contributed by atoms with Crippen molar-refractivity contribution in [2.24, 2.45) is 0 Å². The van der Waals surface area contributed by atoms with Crippen molar-refractivity contribution in [1.82, 2.24) is 15.2 Å². The number of thiazole rings is 1. The van der Waals surface area contributed by atoms with Gasteiger partial charge in [-0.3, -0.25) is 0 Å². The lowest BCUT2D eigenvalue weighted by Crippen LogP contribution is -2.05. The molecule has 3 rings (SSSR count). The molecule has 1 N–H and O–H groups in total. The fourth-order valence-corrected chi connectivity index (χ4v) is 3.51. The molecular weight excluding hydrogens is 276 g/mol. The molecule has 0 saturated heterocycles. The Morgan fingerprint density at radius 1 is 1.21 bits per heavy atom. The van der Waals surface area contributed by atoms with Crippen LogP contribution >= 0.6 is 22.7 Å². The molecule has 3 aromatic rings. The quantitative estimate of drug-likeness (QED) is 0.792. The van der Waals surface area contributed by atoms with Crippen molar-refractivity contribution in [1.29, 1.82) is 0 Å². The van der Waals surface area contributed by atoms with Gasteiger partial charge in [0.05, 0.1) is 16.3 Å². The molecule has 98 valence electrons.